The summed E-state index contributed by atoms with van der Waals surface area (Å²) in [6.07, 6.45) is -3.39. The van der Waals surface area contributed by atoms with Gasteiger partial charge in [0.25, 0.3) is 5.91 Å². The molecule has 0 aliphatic carbocycles. The Morgan fingerprint density at radius 1 is 1.18 bits per heavy atom. The first kappa shape index (κ1) is 16.1. The van der Waals surface area contributed by atoms with E-state index in [2.05, 4.69) is 15.0 Å². The summed E-state index contributed by atoms with van der Waals surface area (Å²) in [6.45, 7) is 0.160. The van der Waals surface area contributed by atoms with E-state index in [-0.39, 0.29) is 23.4 Å². The van der Waals surface area contributed by atoms with Gasteiger partial charge in [0.15, 0.2) is 0 Å². The Labute approximate surface area is 128 Å². The highest BCUT2D eigenvalue weighted by Crippen LogP contribution is 2.22. The topological polar surface area (TPSA) is 51.2 Å². The number of hydrogen-bond donors (Lipinski definition) is 1. The molecule has 1 amide bonds. The zero-order valence-corrected chi connectivity index (χ0v) is 11.8. The molecule has 116 valence electrons. The monoisotopic (exact) mass is 330 g/mol. The Hall–Kier alpha value is -2.28. The van der Waals surface area contributed by atoms with Gasteiger partial charge in [0.05, 0.1) is 5.56 Å². The number of pyridine rings is 1. The molecule has 4 nitrogen and oxygen atoms in total. The second-order valence-electron chi connectivity index (χ2n) is 4.24. The van der Waals surface area contributed by atoms with Crippen LogP contribution >= 0.6 is 11.6 Å². The number of halogens is 4. The van der Waals surface area contributed by atoms with Crippen molar-refractivity contribution < 1.29 is 22.7 Å². The largest absolute Gasteiger partial charge is 0.573 e. The van der Waals surface area contributed by atoms with E-state index in [4.69, 9.17) is 11.6 Å². The predicted molar refractivity (Wildman–Crippen MR) is 73.5 cm³/mol. The third-order valence-corrected chi connectivity index (χ3v) is 2.82. The smallest absolute Gasteiger partial charge is 0.406 e. The van der Waals surface area contributed by atoms with E-state index in [0.29, 0.717) is 11.1 Å². The summed E-state index contributed by atoms with van der Waals surface area (Å²) in [7, 11) is 0. The minimum Gasteiger partial charge on any atom is -0.406 e. The average Bonchev–Trinajstić information content (AvgIpc) is 2.45. The molecule has 0 aliphatic rings. The first-order valence-electron chi connectivity index (χ1n) is 6.08. The SMILES string of the molecule is O=C(NCc1ccc(OC(F)(F)F)cc1)c1ccc(Cl)nc1. The number of rotatable bonds is 4. The van der Waals surface area contributed by atoms with E-state index in [1.165, 1.54) is 42.6 Å². The van der Waals surface area contributed by atoms with Crippen LogP contribution in [-0.4, -0.2) is 17.3 Å². The Morgan fingerprint density at radius 2 is 1.86 bits per heavy atom. The van der Waals surface area contributed by atoms with Crippen LogP contribution in [0.4, 0.5) is 13.2 Å². The van der Waals surface area contributed by atoms with Crippen LogP contribution in [0.3, 0.4) is 0 Å². The maximum Gasteiger partial charge on any atom is 0.573 e. The van der Waals surface area contributed by atoms with Crippen molar-refractivity contribution in [1.82, 2.24) is 10.3 Å². The Morgan fingerprint density at radius 3 is 2.41 bits per heavy atom. The standard InChI is InChI=1S/C14H10ClF3N2O2/c15-12-6-3-10(8-19-12)13(21)20-7-9-1-4-11(5-2-9)22-14(16,17)18/h1-6,8H,7H2,(H,20,21). The summed E-state index contributed by atoms with van der Waals surface area (Å²) >= 11 is 5.62. The normalized spacial score (nSPS) is 11.1. The molecule has 2 rings (SSSR count). The molecule has 0 saturated carbocycles. The summed E-state index contributed by atoms with van der Waals surface area (Å²) in [5, 5.41) is 2.89. The molecule has 0 radical (unpaired) electrons. The third-order valence-electron chi connectivity index (χ3n) is 2.60. The van der Waals surface area contributed by atoms with Gasteiger partial charge in [0.2, 0.25) is 0 Å². The first-order valence-corrected chi connectivity index (χ1v) is 6.46. The quantitative estimate of drug-likeness (QED) is 0.872. The minimum absolute atomic E-state index is 0.160. The second kappa shape index (κ2) is 6.65. The van der Waals surface area contributed by atoms with E-state index in [1.54, 1.807) is 0 Å². The number of benzene rings is 1. The lowest BCUT2D eigenvalue weighted by atomic mass is 10.2. The average molecular weight is 331 g/mol. The van der Waals surface area contributed by atoms with Crippen molar-refractivity contribution in [2.45, 2.75) is 12.9 Å². The molecule has 8 heteroatoms. The lowest BCUT2D eigenvalue weighted by molar-refractivity contribution is -0.274. The van der Waals surface area contributed by atoms with Gasteiger partial charge in [0.1, 0.15) is 10.9 Å². The van der Waals surface area contributed by atoms with E-state index < -0.39 is 6.36 Å². The Balaban J connectivity index is 1.91. The van der Waals surface area contributed by atoms with Crippen molar-refractivity contribution in [3.63, 3.8) is 0 Å². The summed E-state index contributed by atoms with van der Waals surface area (Å²) < 4.78 is 39.8. The summed E-state index contributed by atoms with van der Waals surface area (Å²) in [6, 6.07) is 8.23. The molecule has 22 heavy (non-hydrogen) atoms. The summed E-state index contributed by atoms with van der Waals surface area (Å²) in [5.74, 6) is -0.677. The van der Waals surface area contributed by atoms with Crippen molar-refractivity contribution in [2.75, 3.05) is 0 Å². The van der Waals surface area contributed by atoms with Gasteiger partial charge >= 0.3 is 6.36 Å². The number of hydrogen-bond acceptors (Lipinski definition) is 3. The lowest BCUT2D eigenvalue weighted by Gasteiger charge is -2.09. The maximum absolute atomic E-state index is 12.0. The molecule has 1 N–H and O–H groups in total. The molecule has 0 atom stereocenters. The highest BCUT2D eigenvalue weighted by Gasteiger charge is 2.30. The van der Waals surface area contributed by atoms with Crippen LogP contribution in [0.15, 0.2) is 42.6 Å². The number of carbonyl (C=O) groups is 1. The van der Waals surface area contributed by atoms with Gasteiger partial charge in [-0.3, -0.25) is 4.79 Å². The van der Waals surface area contributed by atoms with Gasteiger partial charge in [0, 0.05) is 12.7 Å². The van der Waals surface area contributed by atoms with Gasteiger partial charge < -0.3 is 10.1 Å². The van der Waals surface area contributed by atoms with E-state index >= 15 is 0 Å². The van der Waals surface area contributed by atoms with E-state index in [9.17, 15) is 18.0 Å². The third kappa shape index (κ3) is 4.92. The molecule has 0 bridgehead atoms. The van der Waals surface area contributed by atoms with Crippen molar-refractivity contribution in [1.29, 1.82) is 0 Å². The molecule has 1 aromatic carbocycles. The van der Waals surface area contributed by atoms with Gasteiger partial charge in [-0.2, -0.15) is 0 Å². The fourth-order valence-electron chi connectivity index (χ4n) is 1.60. The van der Waals surface area contributed by atoms with Crippen LogP contribution in [-0.2, 0) is 6.54 Å². The zero-order valence-electron chi connectivity index (χ0n) is 11.0. The van der Waals surface area contributed by atoms with E-state index in [0.717, 1.165) is 0 Å². The molecular weight excluding hydrogens is 321 g/mol. The fraction of sp³-hybridized carbons (Fsp3) is 0.143. The summed E-state index contributed by atoms with van der Waals surface area (Å²) in [5.41, 5.74) is 0.964. The van der Waals surface area contributed by atoms with Crippen LogP contribution in [0.5, 0.6) is 5.75 Å². The van der Waals surface area contributed by atoms with Gasteiger partial charge in [-0.15, -0.1) is 13.2 Å². The molecule has 2 aromatic rings. The van der Waals surface area contributed by atoms with Crippen molar-refractivity contribution in [3.05, 3.63) is 58.9 Å². The summed E-state index contributed by atoms with van der Waals surface area (Å²) in [4.78, 5) is 15.6. The molecule has 1 aromatic heterocycles. The molecule has 0 saturated heterocycles. The predicted octanol–water partition coefficient (Wildman–Crippen LogP) is 3.56. The van der Waals surface area contributed by atoms with Crippen LogP contribution in [0, 0.1) is 0 Å². The van der Waals surface area contributed by atoms with Crippen LogP contribution in [0.2, 0.25) is 5.15 Å². The highest BCUT2D eigenvalue weighted by molar-refractivity contribution is 6.29. The molecule has 0 aliphatic heterocycles. The van der Waals surface area contributed by atoms with Crippen LogP contribution < -0.4 is 10.1 Å². The number of carbonyl (C=O) groups excluding carboxylic acids is 1. The first-order chi connectivity index (χ1) is 10.3. The highest BCUT2D eigenvalue weighted by atomic mass is 35.5. The second-order valence-corrected chi connectivity index (χ2v) is 4.63. The molecular formula is C14H10ClF3N2O2. The number of nitrogens with one attached hydrogen (secondary N) is 1. The van der Waals surface area contributed by atoms with Crippen LogP contribution in [0.1, 0.15) is 15.9 Å². The van der Waals surface area contributed by atoms with Crippen molar-refractivity contribution in [2.24, 2.45) is 0 Å². The fourth-order valence-corrected chi connectivity index (χ4v) is 1.72. The lowest BCUT2D eigenvalue weighted by Crippen LogP contribution is -2.22. The minimum atomic E-state index is -4.72. The van der Waals surface area contributed by atoms with Gasteiger partial charge in [-0.05, 0) is 29.8 Å². The number of amides is 1. The number of alkyl halides is 3. The van der Waals surface area contributed by atoms with Crippen molar-refractivity contribution >= 4 is 17.5 Å². The number of aromatic nitrogens is 1. The zero-order chi connectivity index (χ0) is 16.2. The van der Waals surface area contributed by atoms with E-state index in [1.807, 2.05) is 0 Å². The molecule has 0 fully saturated rings. The molecule has 0 unspecified atom stereocenters. The van der Waals surface area contributed by atoms with Crippen LogP contribution in [0.25, 0.3) is 0 Å². The number of ether oxygens (including phenoxy) is 1. The molecule has 1 heterocycles. The Bertz CT molecular complexity index is 643. The van der Waals surface area contributed by atoms with Crippen molar-refractivity contribution in [3.8, 4) is 5.75 Å². The van der Waals surface area contributed by atoms with Gasteiger partial charge in [-0.1, -0.05) is 23.7 Å². The maximum atomic E-state index is 12.0. The van der Waals surface area contributed by atoms with Gasteiger partial charge in [-0.25, -0.2) is 4.98 Å². The molecule has 0 spiro atoms. The Kier molecular flexibility index (Phi) is 4.87. The number of nitrogens with zero attached hydrogens (tertiary/aromatic N) is 1.